The van der Waals surface area contributed by atoms with Gasteiger partial charge in [-0.15, -0.1) is 0 Å². The van der Waals surface area contributed by atoms with Crippen LogP contribution < -0.4 is 10.1 Å². The Hall–Kier alpha value is -3.07. The maximum atomic E-state index is 12.4. The highest BCUT2D eigenvalue weighted by molar-refractivity contribution is 6.04. The molecular formula is C21H19NO2. The lowest BCUT2D eigenvalue weighted by Gasteiger charge is -2.09. The number of carbonyl (C=O) groups excluding carboxylic acids is 1. The maximum Gasteiger partial charge on any atom is 0.255 e. The number of rotatable bonds is 5. The van der Waals surface area contributed by atoms with Gasteiger partial charge < -0.3 is 10.1 Å². The van der Waals surface area contributed by atoms with Crippen LogP contribution in [0.2, 0.25) is 0 Å². The Morgan fingerprint density at radius 1 is 0.917 bits per heavy atom. The predicted molar refractivity (Wildman–Crippen MR) is 96.3 cm³/mol. The van der Waals surface area contributed by atoms with Gasteiger partial charge in [0.15, 0.2) is 0 Å². The summed E-state index contributed by atoms with van der Waals surface area (Å²) in [6.45, 7) is 2.47. The molecule has 0 radical (unpaired) electrons. The van der Waals surface area contributed by atoms with Gasteiger partial charge in [0.05, 0.1) is 0 Å². The fraction of sp³-hybridized carbons (Fsp3) is 0.0952. The van der Waals surface area contributed by atoms with E-state index in [-0.39, 0.29) is 5.91 Å². The highest BCUT2D eigenvalue weighted by atomic mass is 16.5. The first kappa shape index (κ1) is 15.8. The zero-order chi connectivity index (χ0) is 16.8. The lowest BCUT2D eigenvalue weighted by Crippen LogP contribution is -2.12. The first-order valence-corrected chi connectivity index (χ1v) is 7.85. The third-order valence-corrected chi connectivity index (χ3v) is 3.62. The zero-order valence-electron chi connectivity index (χ0n) is 13.5. The van der Waals surface area contributed by atoms with E-state index in [0.29, 0.717) is 17.9 Å². The molecule has 0 saturated carbocycles. The van der Waals surface area contributed by atoms with Crippen LogP contribution in [-0.2, 0) is 6.61 Å². The molecule has 0 aliphatic rings. The van der Waals surface area contributed by atoms with Crippen molar-refractivity contribution in [3.05, 3.63) is 95.6 Å². The van der Waals surface area contributed by atoms with E-state index in [4.69, 9.17) is 4.74 Å². The summed E-state index contributed by atoms with van der Waals surface area (Å²) in [6, 6.07) is 24.9. The number of hydrogen-bond donors (Lipinski definition) is 1. The lowest BCUT2D eigenvalue weighted by molar-refractivity contribution is 0.102. The van der Waals surface area contributed by atoms with E-state index in [2.05, 4.69) is 5.32 Å². The van der Waals surface area contributed by atoms with Gasteiger partial charge in [-0.2, -0.15) is 0 Å². The fourth-order valence-corrected chi connectivity index (χ4v) is 2.39. The van der Waals surface area contributed by atoms with E-state index >= 15 is 0 Å². The fourth-order valence-electron chi connectivity index (χ4n) is 2.39. The van der Waals surface area contributed by atoms with Gasteiger partial charge in [0, 0.05) is 11.3 Å². The average molecular weight is 317 g/mol. The van der Waals surface area contributed by atoms with Gasteiger partial charge in [-0.3, -0.25) is 4.79 Å². The van der Waals surface area contributed by atoms with E-state index in [1.54, 1.807) is 12.1 Å². The molecule has 0 bridgehead atoms. The molecule has 1 amide bonds. The summed E-state index contributed by atoms with van der Waals surface area (Å²) in [7, 11) is 0. The second-order valence-electron chi connectivity index (χ2n) is 5.63. The third-order valence-electron chi connectivity index (χ3n) is 3.62. The number of amides is 1. The smallest absolute Gasteiger partial charge is 0.255 e. The third kappa shape index (κ3) is 4.23. The zero-order valence-corrected chi connectivity index (χ0v) is 13.5. The monoisotopic (exact) mass is 317 g/mol. The number of benzene rings is 3. The minimum Gasteiger partial charge on any atom is -0.489 e. The largest absolute Gasteiger partial charge is 0.489 e. The van der Waals surface area contributed by atoms with Gasteiger partial charge in [0.2, 0.25) is 0 Å². The lowest BCUT2D eigenvalue weighted by atomic mass is 10.1. The predicted octanol–water partition coefficient (Wildman–Crippen LogP) is 4.83. The molecule has 1 N–H and O–H groups in total. The summed E-state index contributed by atoms with van der Waals surface area (Å²) in [6.07, 6.45) is 0. The second-order valence-corrected chi connectivity index (χ2v) is 5.63. The van der Waals surface area contributed by atoms with Crippen LogP contribution in [0.5, 0.6) is 5.75 Å². The minimum atomic E-state index is -0.147. The average Bonchev–Trinajstić information content (AvgIpc) is 2.61. The van der Waals surface area contributed by atoms with E-state index in [1.807, 2.05) is 73.7 Å². The number of carbonyl (C=O) groups is 1. The molecule has 0 aromatic heterocycles. The summed E-state index contributed by atoms with van der Waals surface area (Å²) in [5.41, 5.74) is 3.55. The highest BCUT2D eigenvalue weighted by Crippen LogP contribution is 2.17. The number of ether oxygens (including phenoxy) is 1. The van der Waals surface area contributed by atoms with Crippen molar-refractivity contribution in [2.75, 3.05) is 5.32 Å². The number of anilines is 1. The van der Waals surface area contributed by atoms with Gasteiger partial charge in [-0.1, -0.05) is 48.5 Å². The molecule has 0 fully saturated rings. The molecule has 3 heteroatoms. The Labute approximate surface area is 141 Å². The van der Waals surface area contributed by atoms with Crippen LogP contribution in [0.3, 0.4) is 0 Å². The van der Waals surface area contributed by atoms with Crippen molar-refractivity contribution in [3.8, 4) is 5.75 Å². The van der Waals surface area contributed by atoms with Gasteiger partial charge in [0.1, 0.15) is 12.4 Å². The van der Waals surface area contributed by atoms with Crippen molar-refractivity contribution in [2.24, 2.45) is 0 Å². The summed E-state index contributed by atoms with van der Waals surface area (Å²) < 4.78 is 5.77. The molecule has 0 aliphatic carbocycles. The summed E-state index contributed by atoms with van der Waals surface area (Å²) in [4.78, 5) is 12.4. The normalized spacial score (nSPS) is 10.2. The molecule has 3 aromatic rings. The van der Waals surface area contributed by atoms with Crippen molar-refractivity contribution in [2.45, 2.75) is 13.5 Å². The Bertz CT molecular complexity index is 828. The summed E-state index contributed by atoms with van der Waals surface area (Å²) in [5.74, 6) is 0.529. The quantitative estimate of drug-likeness (QED) is 0.732. The SMILES string of the molecule is Cc1cccc(NC(=O)c2cccc(OCc3ccccc3)c2)c1. The van der Waals surface area contributed by atoms with Crippen LogP contribution in [0.4, 0.5) is 5.69 Å². The van der Waals surface area contributed by atoms with E-state index in [1.165, 1.54) is 0 Å². The summed E-state index contributed by atoms with van der Waals surface area (Å²) >= 11 is 0. The molecule has 0 atom stereocenters. The number of aryl methyl sites for hydroxylation is 1. The Balaban J connectivity index is 1.67. The van der Waals surface area contributed by atoms with Crippen LogP contribution in [0.1, 0.15) is 21.5 Å². The molecule has 0 spiro atoms. The van der Waals surface area contributed by atoms with Crippen molar-refractivity contribution in [1.29, 1.82) is 0 Å². The van der Waals surface area contributed by atoms with E-state index in [0.717, 1.165) is 16.8 Å². The van der Waals surface area contributed by atoms with Crippen molar-refractivity contribution >= 4 is 11.6 Å². The maximum absolute atomic E-state index is 12.4. The van der Waals surface area contributed by atoms with Crippen LogP contribution in [-0.4, -0.2) is 5.91 Å². The Morgan fingerprint density at radius 2 is 1.71 bits per heavy atom. The highest BCUT2D eigenvalue weighted by Gasteiger charge is 2.07. The molecular weight excluding hydrogens is 298 g/mol. The van der Waals surface area contributed by atoms with Crippen LogP contribution in [0, 0.1) is 6.92 Å². The molecule has 0 unspecified atom stereocenters. The molecule has 3 nitrogen and oxygen atoms in total. The molecule has 0 saturated heterocycles. The van der Waals surface area contributed by atoms with Gasteiger partial charge in [-0.05, 0) is 48.4 Å². The molecule has 24 heavy (non-hydrogen) atoms. The van der Waals surface area contributed by atoms with Crippen LogP contribution in [0.25, 0.3) is 0 Å². The molecule has 0 heterocycles. The molecule has 120 valence electrons. The van der Waals surface area contributed by atoms with Gasteiger partial charge in [0.25, 0.3) is 5.91 Å². The topological polar surface area (TPSA) is 38.3 Å². The molecule has 3 rings (SSSR count). The minimum absolute atomic E-state index is 0.147. The second kappa shape index (κ2) is 7.47. The standard InChI is InChI=1S/C21H19NO2/c1-16-7-5-11-19(13-16)22-21(23)18-10-6-12-20(14-18)24-15-17-8-3-2-4-9-17/h2-14H,15H2,1H3,(H,22,23). The first-order valence-electron chi connectivity index (χ1n) is 7.85. The van der Waals surface area contributed by atoms with Gasteiger partial charge >= 0.3 is 0 Å². The van der Waals surface area contributed by atoms with Crippen LogP contribution >= 0.6 is 0 Å². The van der Waals surface area contributed by atoms with Crippen LogP contribution in [0.15, 0.2) is 78.9 Å². The number of hydrogen-bond acceptors (Lipinski definition) is 2. The molecule has 3 aromatic carbocycles. The first-order chi connectivity index (χ1) is 11.7. The summed E-state index contributed by atoms with van der Waals surface area (Å²) in [5, 5.41) is 2.91. The van der Waals surface area contributed by atoms with Crippen molar-refractivity contribution in [1.82, 2.24) is 0 Å². The molecule has 0 aliphatic heterocycles. The van der Waals surface area contributed by atoms with Gasteiger partial charge in [-0.25, -0.2) is 0 Å². The number of nitrogens with one attached hydrogen (secondary N) is 1. The van der Waals surface area contributed by atoms with E-state index in [9.17, 15) is 4.79 Å². The Morgan fingerprint density at radius 3 is 2.50 bits per heavy atom. The Kier molecular flexibility index (Phi) is 4.92. The van der Waals surface area contributed by atoms with Crippen molar-refractivity contribution < 1.29 is 9.53 Å². The van der Waals surface area contributed by atoms with E-state index < -0.39 is 0 Å². The van der Waals surface area contributed by atoms with Crippen molar-refractivity contribution in [3.63, 3.8) is 0 Å².